The van der Waals surface area contributed by atoms with Crippen molar-refractivity contribution < 1.29 is 9.90 Å². The molecule has 2 aromatic carbocycles. The van der Waals surface area contributed by atoms with E-state index >= 15 is 0 Å². The predicted octanol–water partition coefficient (Wildman–Crippen LogP) is 6.38. The Kier molecular flexibility index (Phi) is 7.73. The average Bonchev–Trinajstić information content (AvgIpc) is 2.83. The number of carboxylic acids is 1. The predicted molar refractivity (Wildman–Crippen MR) is 137 cm³/mol. The van der Waals surface area contributed by atoms with Crippen molar-refractivity contribution in [2.75, 3.05) is 13.1 Å². The monoisotopic (exact) mass is 457 g/mol. The van der Waals surface area contributed by atoms with E-state index in [4.69, 9.17) is 15.1 Å². The van der Waals surface area contributed by atoms with Crippen molar-refractivity contribution >= 4 is 5.97 Å². The summed E-state index contributed by atoms with van der Waals surface area (Å²) in [7, 11) is 0. The van der Waals surface area contributed by atoms with Gasteiger partial charge in [-0.25, -0.2) is 9.97 Å². The highest BCUT2D eigenvalue weighted by Gasteiger charge is 2.28. The van der Waals surface area contributed by atoms with Crippen LogP contribution in [-0.4, -0.2) is 39.0 Å². The van der Waals surface area contributed by atoms with Crippen LogP contribution in [0.5, 0.6) is 0 Å². The fraction of sp³-hybridized carbons (Fsp3) is 0.414. The van der Waals surface area contributed by atoms with E-state index in [0.717, 1.165) is 79.1 Å². The number of benzene rings is 2. The molecule has 2 heterocycles. The SMILES string of the molecule is Cc1ccc(-c2nc3c(nc2-c2ccc(C)cc2)C(C)N(CCCCCCC(=O)O)CC3)cc1. The van der Waals surface area contributed by atoms with Crippen LogP contribution in [0, 0.1) is 13.8 Å². The van der Waals surface area contributed by atoms with Gasteiger partial charge in [0.1, 0.15) is 0 Å². The number of hydrogen-bond donors (Lipinski definition) is 1. The first-order valence-electron chi connectivity index (χ1n) is 12.4. The molecule has 1 aromatic heterocycles. The van der Waals surface area contributed by atoms with E-state index < -0.39 is 5.97 Å². The normalized spacial score (nSPS) is 15.8. The number of carboxylic acid groups (broad SMARTS) is 1. The summed E-state index contributed by atoms with van der Waals surface area (Å²) in [6.45, 7) is 8.43. The number of aliphatic carboxylic acids is 1. The van der Waals surface area contributed by atoms with Crippen LogP contribution in [-0.2, 0) is 11.2 Å². The van der Waals surface area contributed by atoms with E-state index in [1.54, 1.807) is 0 Å². The van der Waals surface area contributed by atoms with Crippen LogP contribution in [0.2, 0.25) is 0 Å². The molecule has 0 spiro atoms. The lowest BCUT2D eigenvalue weighted by molar-refractivity contribution is -0.137. The summed E-state index contributed by atoms with van der Waals surface area (Å²) in [5, 5.41) is 8.80. The van der Waals surface area contributed by atoms with Crippen molar-refractivity contribution in [1.82, 2.24) is 14.9 Å². The zero-order valence-electron chi connectivity index (χ0n) is 20.6. The summed E-state index contributed by atoms with van der Waals surface area (Å²) in [4.78, 5) is 23.6. The van der Waals surface area contributed by atoms with Crippen LogP contribution in [0.1, 0.15) is 67.6 Å². The molecule has 1 N–H and O–H groups in total. The highest BCUT2D eigenvalue weighted by molar-refractivity contribution is 5.78. The van der Waals surface area contributed by atoms with Gasteiger partial charge in [0.2, 0.25) is 0 Å². The number of aryl methyl sites for hydroxylation is 2. The van der Waals surface area contributed by atoms with Gasteiger partial charge in [-0.15, -0.1) is 0 Å². The summed E-state index contributed by atoms with van der Waals surface area (Å²) in [5.74, 6) is -0.700. The van der Waals surface area contributed by atoms with Gasteiger partial charge < -0.3 is 5.11 Å². The number of aromatic nitrogens is 2. The molecule has 5 nitrogen and oxygen atoms in total. The molecule has 3 aromatic rings. The Morgan fingerprint density at radius 2 is 1.44 bits per heavy atom. The number of hydrogen-bond acceptors (Lipinski definition) is 4. The van der Waals surface area contributed by atoms with E-state index in [9.17, 15) is 4.79 Å². The minimum Gasteiger partial charge on any atom is -0.481 e. The van der Waals surface area contributed by atoms with Gasteiger partial charge in [-0.3, -0.25) is 9.69 Å². The van der Waals surface area contributed by atoms with Crippen LogP contribution < -0.4 is 0 Å². The molecule has 1 atom stereocenters. The Morgan fingerprint density at radius 3 is 2.03 bits per heavy atom. The molecule has 0 fully saturated rings. The molecule has 0 saturated heterocycles. The van der Waals surface area contributed by atoms with E-state index in [2.05, 4.69) is 74.2 Å². The zero-order valence-corrected chi connectivity index (χ0v) is 20.6. The van der Waals surface area contributed by atoms with E-state index in [1.807, 2.05) is 0 Å². The van der Waals surface area contributed by atoms with Gasteiger partial charge in [0.15, 0.2) is 0 Å². The van der Waals surface area contributed by atoms with Gasteiger partial charge in [0.05, 0.1) is 28.8 Å². The van der Waals surface area contributed by atoms with Crippen molar-refractivity contribution in [2.45, 2.75) is 65.3 Å². The molecule has 34 heavy (non-hydrogen) atoms. The van der Waals surface area contributed by atoms with Gasteiger partial charge >= 0.3 is 5.97 Å². The Hall–Kier alpha value is -3.05. The van der Waals surface area contributed by atoms with Crippen LogP contribution in [0.25, 0.3) is 22.5 Å². The first kappa shape index (κ1) is 24.1. The number of nitrogens with zero attached hydrogens (tertiary/aromatic N) is 3. The standard InChI is InChI=1S/C29H35N3O2/c1-20-9-13-23(14-10-20)28-29(24-15-11-21(2)12-16-24)31-27-22(3)32(19-17-25(27)30-28)18-7-5-4-6-8-26(33)34/h9-16,22H,4-8,17-19H2,1-3H3,(H,33,34). The lowest BCUT2D eigenvalue weighted by Crippen LogP contribution is -2.36. The minimum absolute atomic E-state index is 0.214. The Morgan fingerprint density at radius 1 is 0.882 bits per heavy atom. The molecule has 1 aliphatic rings. The first-order valence-corrected chi connectivity index (χ1v) is 12.4. The highest BCUT2D eigenvalue weighted by atomic mass is 16.4. The summed E-state index contributed by atoms with van der Waals surface area (Å²) in [6, 6.07) is 17.3. The topological polar surface area (TPSA) is 66.3 Å². The van der Waals surface area contributed by atoms with E-state index in [1.165, 1.54) is 11.1 Å². The van der Waals surface area contributed by atoms with Gasteiger partial charge in [-0.05, 0) is 40.2 Å². The third kappa shape index (κ3) is 5.71. The number of unbranched alkanes of at least 4 members (excludes halogenated alkanes) is 3. The molecule has 0 saturated carbocycles. The molecule has 178 valence electrons. The van der Waals surface area contributed by atoms with Crippen molar-refractivity contribution in [3.8, 4) is 22.5 Å². The third-order valence-corrected chi connectivity index (χ3v) is 6.81. The van der Waals surface area contributed by atoms with Gasteiger partial charge in [-0.1, -0.05) is 72.5 Å². The van der Waals surface area contributed by atoms with Crippen LogP contribution in [0.4, 0.5) is 0 Å². The second-order valence-electron chi connectivity index (χ2n) is 9.50. The lowest BCUT2D eigenvalue weighted by atomic mass is 9.98. The Labute approximate surface area is 202 Å². The number of rotatable bonds is 9. The molecule has 4 rings (SSSR count). The zero-order chi connectivity index (χ0) is 24.1. The average molecular weight is 458 g/mol. The molecular weight excluding hydrogens is 422 g/mol. The van der Waals surface area contributed by atoms with Crippen molar-refractivity contribution in [3.63, 3.8) is 0 Å². The lowest BCUT2D eigenvalue weighted by Gasteiger charge is -2.34. The summed E-state index contributed by atoms with van der Waals surface area (Å²) in [5.41, 5.74) is 8.77. The molecule has 0 amide bonds. The van der Waals surface area contributed by atoms with Gasteiger partial charge in [0.25, 0.3) is 0 Å². The summed E-state index contributed by atoms with van der Waals surface area (Å²) in [6.07, 6.45) is 5.06. The highest BCUT2D eigenvalue weighted by Crippen LogP contribution is 2.35. The Balaban J connectivity index is 1.58. The summed E-state index contributed by atoms with van der Waals surface area (Å²) >= 11 is 0. The smallest absolute Gasteiger partial charge is 0.303 e. The Bertz CT molecular complexity index is 1120. The van der Waals surface area contributed by atoms with Crippen molar-refractivity contribution in [1.29, 1.82) is 0 Å². The second kappa shape index (κ2) is 10.9. The number of carbonyl (C=O) groups is 1. The molecule has 0 aliphatic carbocycles. The van der Waals surface area contributed by atoms with Crippen molar-refractivity contribution in [3.05, 3.63) is 71.0 Å². The van der Waals surface area contributed by atoms with Crippen LogP contribution >= 0.6 is 0 Å². The van der Waals surface area contributed by atoms with E-state index in [-0.39, 0.29) is 12.5 Å². The molecular formula is C29H35N3O2. The van der Waals surface area contributed by atoms with Crippen molar-refractivity contribution in [2.24, 2.45) is 0 Å². The van der Waals surface area contributed by atoms with Gasteiger partial charge in [0, 0.05) is 30.5 Å². The van der Waals surface area contributed by atoms with E-state index in [0.29, 0.717) is 0 Å². The number of fused-ring (bicyclic) bond motifs is 1. The maximum absolute atomic E-state index is 10.7. The maximum Gasteiger partial charge on any atom is 0.303 e. The van der Waals surface area contributed by atoms with Crippen LogP contribution in [0.15, 0.2) is 48.5 Å². The summed E-state index contributed by atoms with van der Waals surface area (Å²) < 4.78 is 0. The fourth-order valence-electron chi connectivity index (χ4n) is 4.69. The molecule has 0 radical (unpaired) electrons. The molecule has 0 bridgehead atoms. The van der Waals surface area contributed by atoms with Crippen LogP contribution in [0.3, 0.4) is 0 Å². The largest absolute Gasteiger partial charge is 0.481 e. The fourth-order valence-corrected chi connectivity index (χ4v) is 4.69. The second-order valence-corrected chi connectivity index (χ2v) is 9.50. The molecule has 1 aliphatic heterocycles. The first-order chi connectivity index (χ1) is 16.4. The molecule has 5 heteroatoms. The quantitative estimate of drug-likeness (QED) is 0.378. The minimum atomic E-state index is -0.700. The maximum atomic E-state index is 10.7. The molecule has 1 unspecified atom stereocenters. The van der Waals surface area contributed by atoms with Gasteiger partial charge in [-0.2, -0.15) is 0 Å². The third-order valence-electron chi connectivity index (χ3n) is 6.81.